The Morgan fingerprint density at radius 3 is 2.87 bits per heavy atom. The number of imidazole rings is 1. The lowest BCUT2D eigenvalue weighted by Crippen LogP contribution is -2.14. The third kappa shape index (κ3) is 2.41. The van der Waals surface area contributed by atoms with E-state index in [1.54, 1.807) is 24.5 Å². The van der Waals surface area contributed by atoms with Crippen LogP contribution < -0.4 is 5.32 Å². The molecule has 0 aliphatic carbocycles. The van der Waals surface area contributed by atoms with E-state index in [-0.39, 0.29) is 11.7 Å². The van der Waals surface area contributed by atoms with Gasteiger partial charge in [0.05, 0.1) is 0 Å². The second-order valence-electron chi connectivity index (χ2n) is 2.75. The zero-order valence-corrected chi connectivity index (χ0v) is 9.15. The molecule has 0 aliphatic heterocycles. The molecule has 2 aromatic heterocycles. The second-order valence-corrected chi connectivity index (χ2v) is 3.67. The molecule has 0 bridgehead atoms. The maximum absolute atomic E-state index is 11.5. The van der Waals surface area contributed by atoms with Gasteiger partial charge in [0.2, 0.25) is 0 Å². The van der Waals surface area contributed by atoms with Crippen molar-refractivity contribution in [3.05, 3.63) is 41.0 Å². The van der Waals surface area contributed by atoms with Crippen molar-refractivity contribution in [2.75, 3.05) is 5.32 Å². The first-order chi connectivity index (χ1) is 7.25. The molecule has 0 aromatic carbocycles. The van der Waals surface area contributed by atoms with E-state index in [9.17, 15) is 4.79 Å². The van der Waals surface area contributed by atoms with Gasteiger partial charge >= 0.3 is 0 Å². The summed E-state index contributed by atoms with van der Waals surface area (Å²) in [6, 6.07) is 3.50. The van der Waals surface area contributed by atoms with E-state index < -0.39 is 0 Å². The summed E-state index contributed by atoms with van der Waals surface area (Å²) in [6.07, 6.45) is 4.71. The van der Waals surface area contributed by atoms with Crippen LogP contribution in [-0.2, 0) is 0 Å². The molecule has 6 heteroatoms. The maximum Gasteiger partial charge on any atom is 0.292 e. The Bertz CT molecular complexity index is 451. The smallest absolute Gasteiger partial charge is 0.292 e. The van der Waals surface area contributed by atoms with Gasteiger partial charge in [0.1, 0.15) is 5.82 Å². The van der Waals surface area contributed by atoms with Crippen LogP contribution in [0.3, 0.4) is 0 Å². The number of halogens is 1. The number of hydrogen-bond donors (Lipinski definition) is 2. The molecular formula is C9H7BrN4O. The monoisotopic (exact) mass is 266 g/mol. The number of aromatic amines is 1. The van der Waals surface area contributed by atoms with Gasteiger partial charge in [-0.3, -0.25) is 4.79 Å². The topological polar surface area (TPSA) is 70.7 Å². The largest absolute Gasteiger partial charge is 0.341 e. The van der Waals surface area contributed by atoms with Gasteiger partial charge < -0.3 is 10.3 Å². The van der Waals surface area contributed by atoms with Crippen molar-refractivity contribution in [2.45, 2.75) is 0 Å². The highest BCUT2D eigenvalue weighted by Gasteiger charge is 2.07. The predicted molar refractivity (Wildman–Crippen MR) is 58.5 cm³/mol. The van der Waals surface area contributed by atoms with Gasteiger partial charge in [0.25, 0.3) is 5.91 Å². The van der Waals surface area contributed by atoms with Crippen LogP contribution in [0.15, 0.2) is 35.2 Å². The average molecular weight is 267 g/mol. The molecule has 15 heavy (non-hydrogen) atoms. The summed E-state index contributed by atoms with van der Waals surface area (Å²) in [7, 11) is 0. The van der Waals surface area contributed by atoms with Gasteiger partial charge in [-0.1, -0.05) is 0 Å². The molecule has 2 heterocycles. The Labute approximate surface area is 94.1 Å². The predicted octanol–water partition coefficient (Wildman–Crippen LogP) is 1.82. The number of carbonyl (C=O) groups excluding carboxylic acids is 1. The summed E-state index contributed by atoms with van der Waals surface area (Å²) < 4.78 is 0.860. The summed E-state index contributed by atoms with van der Waals surface area (Å²) in [5, 5.41) is 2.61. The molecular weight excluding hydrogens is 260 g/mol. The Hall–Kier alpha value is -1.69. The Morgan fingerprint density at radius 2 is 2.27 bits per heavy atom. The van der Waals surface area contributed by atoms with Crippen LogP contribution in [0.2, 0.25) is 0 Å². The van der Waals surface area contributed by atoms with Gasteiger partial charge in [-0.2, -0.15) is 0 Å². The van der Waals surface area contributed by atoms with Gasteiger partial charge in [0.15, 0.2) is 5.82 Å². The lowest BCUT2D eigenvalue weighted by molar-refractivity contribution is 0.101. The summed E-state index contributed by atoms with van der Waals surface area (Å²) in [5.41, 5.74) is 0. The molecule has 1 amide bonds. The van der Waals surface area contributed by atoms with Crippen molar-refractivity contribution in [2.24, 2.45) is 0 Å². The van der Waals surface area contributed by atoms with Crippen molar-refractivity contribution < 1.29 is 4.79 Å². The van der Waals surface area contributed by atoms with Crippen LogP contribution >= 0.6 is 15.9 Å². The fourth-order valence-corrected chi connectivity index (χ4v) is 1.25. The van der Waals surface area contributed by atoms with Crippen molar-refractivity contribution in [3.8, 4) is 0 Å². The molecule has 0 atom stereocenters. The molecule has 0 unspecified atom stereocenters. The summed E-state index contributed by atoms with van der Waals surface area (Å²) in [4.78, 5) is 22.0. The number of hydrogen-bond acceptors (Lipinski definition) is 3. The first kappa shape index (κ1) is 9.85. The maximum atomic E-state index is 11.5. The molecule has 0 fully saturated rings. The van der Waals surface area contributed by atoms with Crippen LogP contribution in [0.1, 0.15) is 10.6 Å². The van der Waals surface area contributed by atoms with Crippen LogP contribution in [0.4, 0.5) is 5.82 Å². The fourth-order valence-electron chi connectivity index (χ4n) is 1.01. The Balaban J connectivity index is 2.09. The summed E-state index contributed by atoms with van der Waals surface area (Å²) >= 11 is 3.26. The molecule has 0 saturated heterocycles. The zero-order chi connectivity index (χ0) is 10.7. The van der Waals surface area contributed by atoms with E-state index in [4.69, 9.17) is 0 Å². The first-order valence-electron chi connectivity index (χ1n) is 4.18. The molecule has 2 aromatic rings. The van der Waals surface area contributed by atoms with Gasteiger partial charge in [0, 0.05) is 23.1 Å². The number of pyridine rings is 1. The van der Waals surface area contributed by atoms with Crippen molar-refractivity contribution in [3.63, 3.8) is 0 Å². The van der Waals surface area contributed by atoms with E-state index in [0.29, 0.717) is 5.82 Å². The molecule has 0 spiro atoms. The normalized spacial score (nSPS) is 9.93. The van der Waals surface area contributed by atoms with E-state index in [0.717, 1.165) is 4.47 Å². The number of nitrogens with zero attached hydrogens (tertiary/aromatic N) is 2. The molecule has 0 aliphatic rings. The number of aromatic nitrogens is 3. The highest BCUT2D eigenvalue weighted by Crippen LogP contribution is 2.10. The fraction of sp³-hybridized carbons (Fsp3) is 0. The molecule has 2 rings (SSSR count). The lowest BCUT2D eigenvalue weighted by Gasteiger charge is -2.01. The van der Waals surface area contributed by atoms with Crippen LogP contribution in [0.25, 0.3) is 0 Å². The molecule has 0 saturated carbocycles. The van der Waals surface area contributed by atoms with Crippen LogP contribution in [0, 0.1) is 0 Å². The van der Waals surface area contributed by atoms with Gasteiger partial charge in [-0.25, -0.2) is 9.97 Å². The number of rotatable bonds is 2. The number of anilines is 1. The first-order valence-corrected chi connectivity index (χ1v) is 4.97. The SMILES string of the molecule is O=C(Nc1ccc(Br)cn1)c1ncc[nH]1. The minimum Gasteiger partial charge on any atom is -0.341 e. The number of amides is 1. The minimum absolute atomic E-state index is 0.264. The standard InChI is InChI=1S/C9H7BrN4O/c10-6-1-2-7(13-5-6)14-9(15)8-11-3-4-12-8/h1-5H,(H,11,12)(H,13,14,15). The Kier molecular flexibility index (Phi) is 2.77. The summed E-state index contributed by atoms with van der Waals surface area (Å²) in [5.74, 6) is 0.439. The number of H-pyrrole nitrogens is 1. The van der Waals surface area contributed by atoms with Crippen LogP contribution in [-0.4, -0.2) is 20.9 Å². The Morgan fingerprint density at radius 1 is 1.40 bits per heavy atom. The number of nitrogens with one attached hydrogen (secondary N) is 2. The van der Waals surface area contributed by atoms with E-state index in [1.165, 1.54) is 6.20 Å². The average Bonchev–Trinajstić information content (AvgIpc) is 2.74. The third-order valence-electron chi connectivity index (χ3n) is 1.68. The molecule has 2 N–H and O–H groups in total. The number of carbonyl (C=O) groups is 1. The van der Waals surface area contributed by atoms with Gasteiger partial charge in [-0.15, -0.1) is 0 Å². The lowest BCUT2D eigenvalue weighted by atomic mass is 10.4. The second kappa shape index (κ2) is 4.22. The highest BCUT2D eigenvalue weighted by atomic mass is 79.9. The molecule has 5 nitrogen and oxygen atoms in total. The van der Waals surface area contributed by atoms with E-state index in [1.807, 2.05) is 0 Å². The van der Waals surface area contributed by atoms with E-state index in [2.05, 4.69) is 36.2 Å². The van der Waals surface area contributed by atoms with Crippen LogP contribution in [0.5, 0.6) is 0 Å². The van der Waals surface area contributed by atoms with Crippen molar-refractivity contribution in [1.29, 1.82) is 0 Å². The van der Waals surface area contributed by atoms with E-state index >= 15 is 0 Å². The zero-order valence-electron chi connectivity index (χ0n) is 7.57. The third-order valence-corrected chi connectivity index (χ3v) is 2.15. The van der Waals surface area contributed by atoms with Crippen molar-refractivity contribution >= 4 is 27.7 Å². The molecule has 0 radical (unpaired) electrons. The summed E-state index contributed by atoms with van der Waals surface area (Å²) in [6.45, 7) is 0. The quantitative estimate of drug-likeness (QED) is 0.871. The minimum atomic E-state index is -0.310. The van der Waals surface area contributed by atoms with Gasteiger partial charge in [-0.05, 0) is 28.1 Å². The highest BCUT2D eigenvalue weighted by molar-refractivity contribution is 9.10. The molecule has 76 valence electrons. The van der Waals surface area contributed by atoms with Crippen molar-refractivity contribution in [1.82, 2.24) is 15.0 Å².